The molecule has 0 aromatic heterocycles. The quantitative estimate of drug-likeness (QED) is 0.270. The van der Waals surface area contributed by atoms with Crippen LogP contribution in [0.2, 0.25) is 5.02 Å². The van der Waals surface area contributed by atoms with Gasteiger partial charge in [0.15, 0.2) is 0 Å². The number of likely N-dealkylation sites (tertiary alicyclic amines) is 1. The highest BCUT2D eigenvalue weighted by Crippen LogP contribution is 2.42. The Bertz CT molecular complexity index is 1020. The largest absolute Gasteiger partial charge is 0.507 e. The molecule has 3 rings (SSSR count). The molecule has 1 fully saturated rings. The Morgan fingerprint density at radius 2 is 1.87 bits per heavy atom. The number of benzene rings is 2. The van der Waals surface area contributed by atoms with Gasteiger partial charge in [0, 0.05) is 11.6 Å². The van der Waals surface area contributed by atoms with Crippen LogP contribution < -0.4 is 9.47 Å². The Morgan fingerprint density at radius 1 is 1.10 bits per heavy atom. The lowest BCUT2D eigenvalue weighted by atomic mass is 9.94. The van der Waals surface area contributed by atoms with Crippen LogP contribution in [0.1, 0.15) is 43.4 Å². The molecule has 0 saturated carbocycles. The van der Waals surface area contributed by atoms with Crippen molar-refractivity contribution in [3.8, 4) is 11.5 Å². The number of aliphatic hydroxyl groups excluding tert-OH is 1. The average molecular weight is 444 g/mol. The molecule has 1 N–H and O–H groups in total. The van der Waals surface area contributed by atoms with Crippen molar-refractivity contribution in [3.05, 3.63) is 64.2 Å². The number of carbonyl (C=O) groups is 2. The molecule has 2 aromatic rings. The molecule has 1 aliphatic rings. The Balaban J connectivity index is 2.20. The summed E-state index contributed by atoms with van der Waals surface area (Å²) in [5.41, 5.74) is 0.947. The van der Waals surface area contributed by atoms with Crippen molar-refractivity contribution >= 4 is 29.1 Å². The highest BCUT2D eigenvalue weighted by Gasteiger charge is 2.46. The van der Waals surface area contributed by atoms with Crippen molar-refractivity contribution in [1.29, 1.82) is 0 Å². The smallest absolute Gasteiger partial charge is 0.295 e. The molecule has 2 aromatic carbocycles. The fourth-order valence-corrected chi connectivity index (χ4v) is 3.98. The summed E-state index contributed by atoms with van der Waals surface area (Å²) in [4.78, 5) is 27.5. The van der Waals surface area contributed by atoms with Crippen LogP contribution in [-0.4, -0.2) is 42.5 Å². The van der Waals surface area contributed by atoms with E-state index in [0.717, 1.165) is 19.3 Å². The number of aliphatic hydroxyl groups is 1. The summed E-state index contributed by atoms with van der Waals surface area (Å²) in [6, 6.07) is 11.2. The fraction of sp³-hybridized carbons (Fsp3) is 0.333. The van der Waals surface area contributed by atoms with E-state index in [9.17, 15) is 14.7 Å². The van der Waals surface area contributed by atoms with Gasteiger partial charge < -0.3 is 19.5 Å². The van der Waals surface area contributed by atoms with Crippen molar-refractivity contribution in [2.75, 3.05) is 20.8 Å². The first-order valence-corrected chi connectivity index (χ1v) is 10.6. The fourth-order valence-electron chi connectivity index (χ4n) is 3.81. The Hall–Kier alpha value is -2.99. The zero-order chi connectivity index (χ0) is 22.5. The van der Waals surface area contributed by atoms with Gasteiger partial charge in [0.1, 0.15) is 17.3 Å². The molecular weight excluding hydrogens is 418 g/mol. The monoisotopic (exact) mass is 443 g/mol. The van der Waals surface area contributed by atoms with Crippen LogP contribution in [-0.2, 0) is 9.59 Å². The van der Waals surface area contributed by atoms with E-state index >= 15 is 0 Å². The molecule has 0 bridgehead atoms. The SMILES string of the molecule is CCCCCN1C(=O)C(=O)/C(=C(/O)c2cc(Cl)ccc2OC)C1c1cccc(OC)c1. The number of carbonyl (C=O) groups excluding carboxylic acids is 2. The molecule has 7 heteroatoms. The first-order valence-electron chi connectivity index (χ1n) is 10.2. The molecule has 1 atom stereocenters. The molecule has 6 nitrogen and oxygen atoms in total. The van der Waals surface area contributed by atoms with E-state index in [0.29, 0.717) is 28.6 Å². The number of hydrogen-bond acceptors (Lipinski definition) is 5. The van der Waals surface area contributed by atoms with Gasteiger partial charge in [-0.25, -0.2) is 0 Å². The summed E-state index contributed by atoms with van der Waals surface area (Å²) in [7, 11) is 3.01. The van der Waals surface area contributed by atoms with Crippen LogP contribution >= 0.6 is 11.6 Å². The van der Waals surface area contributed by atoms with Gasteiger partial charge in [0.25, 0.3) is 11.7 Å². The first-order chi connectivity index (χ1) is 14.9. The summed E-state index contributed by atoms with van der Waals surface area (Å²) >= 11 is 6.13. The summed E-state index contributed by atoms with van der Waals surface area (Å²) in [5.74, 6) is -0.737. The lowest BCUT2D eigenvalue weighted by Gasteiger charge is -2.25. The Kier molecular flexibility index (Phi) is 7.23. The normalized spacial score (nSPS) is 17.8. The number of methoxy groups -OCH3 is 2. The number of halogens is 1. The number of hydrogen-bond donors (Lipinski definition) is 1. The molecule has 31 heavy (non-hydrogen) atoms. The van der Waals surface area contributed by atoms with Gasteiger partial charge in [-0.2, -0.15) is 0 Å². The van der Waals surface area contributed by atoms with Crippen molar-refractivity contribution < 1.29 is 24.2 Å². The topological polar surface area (TPSA) is 76.1 Å². The molecule has 1 aliphatic heterocycles. The van der Waals surface area contributed by atoms with E-state index in [-0.39, 0.29) is 16.9 Å². The van der Waals surface area contributed by atoms with Crippen LogP contribution in [0.4, 0.5) is 0 Å². The van der Waals surface area contributed by atoms with Crippen molar-refractivity contribution in [2.24, 2.45) is 0 Å². The van der Waals surface area contributed by atoms with Gasteiger partial charge in [0.05, 0.1) is 31.4 Å². The summed E-state index contributed by atoms with van der Waals surface area (Å²) < 4.78 is 10.7. The standard InChI is InChI=1S/C24H26ClNO5/c1-4-5-6-12-26-21(15-8-7-9-17(13-15)30-2)20(23(28)24(26)29)22(27)18-14-16(25)10-11-19(18)31-3/h7-11,13-14,21,27H,4-6,12H2,1-3H3/b22-20+. The van der Waals surface area contributed by atoms with Crippen molar-refractivity contribution in [2.45, 2.75) is 32.2 Å². The molecule has 0 aliphatic carbocycles. The van der Waals surface area contributed by atoms with Crippen LogP contribution in [0.3, 0.4) is 0 Å². The molecular formula is C24H26ClNO5. The maximum atomic E-state index is 13.1. The van der Waals surface area contributed by atoms with E-state index in [2.05, 4.69) is 6.92 Å². The van der Waals surface area contributed by atoms with E-state index in [1.807, 2.05) is 6.07 Å². The van der Waals surface area contributed by atoms with Crippen LogP contribution in [0, 0.1) is 0 Å². The van der Waals surface area contributed by atoms with Crippen LogP contribution in [0.5, 0.6) is 11.5 Å². The maximum Gasteiger partial charge on any atom is 0.295 e. The molecule has 0 spiro atoms. The van der Waals surface area contributed by atoms with Gasteiger partial charge in [-0.15, -0.1) is 0 Å². The molecule has 164 valence electrons. The number of unbranched alkanes of at least 4 members (excludes halogenated alkanes) is 2. The van der Waals surface area contributed by atoms with E-state index in [4.69, 9.17) is 21.1 Å². The number of nitrogens with zero attached hydrogens (tertiary/aromatic N) is 1. The second-order valence-electron chi connectivity index (χ2n) is 7.32. The number of ketones is 1. The number of amides is 1. The minimum absolute atomic E-state index is 0.00955. The first kappa shape index (κ1) is 22.7. The molecule has 1 heterocycles. The third-order valence-electron chi connectivity index (χ3n) is 5.37. The summed E-state index contributed by atoms with van der Waals surface area (Å²) in [6.45, 7) is 2.48. The van der Waals surface area contributed by atoms with Crippen LogP contribution in [0.25, 0.3) is 5.76 Å². The van der Waals surface area contributed by atoms with Gasteiger partial charge in [0.2, 0.25) is 0 Å². The van der Waals surface area contributed by atoms with E-state index < -0.39 is 17.7 Å². The second kappa shape index (κ2) is 9.88. The number of rotatable bonds is 8. The Labute approximate surface area is 187 Å². The Morgan fingerprint density at radius 3 is 2.55 bits per heavy atom. The zero-order valence-electron chi connectivity index (χ0n) is 17.9. The predicted octanol–water partition coefficient (Wildman–Crippen LogP) is 4.97. The summed E-state index contributed by atoms with van der Waals surface area (Å²) in [5, 5.41) is 11.6. The molecule has 1 unspecified atom stereocenters. The van der Waals surface area contributed by atoms with Crippen molar-refractivity contribution in [1.82, 2.24) is 4.90 Å². The lowest BCUT2D eigenvalue weighted by Crippen LogP contribution is -2.30. The van der Waals surface area contributed by atoms with Gasteiger partial charge in [-0.3, -0.25) is 9.59 Å². The third kappa shape index (κ3) is 4.54. The number of ether oxygens (including phenoxy) is 2. The van der Waals surface area contributed by atoms with Crippen molar-refractivity contribution in [3.63, 3.8) is 0 Å². The minimum atomic E-state index is -0.740. The molecule has 1 amide bonds. The maximum absolute atomic E-state index is 13.1. The molecule has 0 radical (unpaired) electrons. The van der Waals surface area contributed by atoms with Gasteiger partial charge in [-0.05, 0) is 42.3 Å². The lowest BCUT2D eigenvalue weighted by molar-refractivity contribution is -0.139. The third-order valence-corrected chi connectivity index (χ3v) is 5.60. The molecule has 1 saturated heterocycles. The zero-order valence-corrected chi connectivity index (χ0v) is 18.6. The van der Waals surface area contributed by atoms with E-state index in [1.54, 1.807) is 37.4 Å². The minimum Gasteiger partial charge on any atom is -0.507 e. The average Bonchev–Trinajstić information content (AvgIpc) is 3.03. The van der Waals surface area contributed by atoms with Gasteiger partial charge in [-0.1, -0.05) is 43.5 Å². The van der Waals surface area contributed by atoms with Gasteiger partial charge >= 0.3 is 0 Å². The second-order valence-corrected chi connectivity index (χ2v) is 7.76. The van der Waals surface area contributed by atoms with Crippen LogP contribution in [0.15, 0.2) is 48.0 Å². The predicted molar refractivity (Wildman–Crippen MR) is 120 cm³/mol. The van der Waals surface area contributed by atoms with E-state index in [1.165, 1.54) is 18.1 Å². The summed E-state index contributed by atoms with van der Waals surface area (Å²) in [6.07, 6.45) is 2.66. The number of Topliss-reactive ketones (excluding diaryl/α,β-unsaturated/α-hetero) is 1. The highest BCUT2D eigenvalue weighted by molar-refractivity contribution is 6.46. The highest BCUT2D eigenvalue weighted by atomic mass is 35.5.